The summed E-state index contributed by atoms with van der Waals surface area (Å²) in [5.41, 5.74) is 2.48. The van der Waals surface area contributed by atoms with Gasteiger partial charge in [0.25, 0.3) is 0 Å². The molecule has 0 aliphatic carbocycles. The summed E-state index contributed by atoms with van der Waals surface area (Å²) in [6.07, 6.45) is 0. The number of nitrogens with one attached hydrogen (secondary N) is 1. The summed E-state index contributed by atoms with van der Waals surface area (Å²) >= 11 is 3.44. The molecule has 0 aromatic heterocycles. The van der Waals surface area contributed by atoms with Crippen molar-refractivity contribution in [1.82, 2.24) is 5.32 Å². The van der Waals surface area contributed by atoms with Gasteiger partial charge in [-0.15, -0.1) is 0 Å². The minimum absolute atomic E-state index is 0.594. The van der Waals surface area contributed by atoms with Crippen LogP contribution in [0.2, 0.25) is 0 Å². The summed E-state index contributed by atoms with van der Waals surface area (Å²) in [6.45, 7) is 4.59. The van der Waals surface area contributed by atoms with Crippen LogP contribution in [0.25, 0.3) is 0 Å². The van der Waals surface area contributed by atoms with Gasteiger partial charge in [-0.05, 0) is 35.9 Å². The number of rotatable bonds is 6. The molecule has 0 aliphatic heterocycles. The Morgan fingerprint density at radius 2 is 1.84 bits per heavy atom. The van der Waals surface area contributed by atoms with E-state index in [4.69, 9.17) is 4.74 Å². The van der Waals surface area contributed by atoms with Gasteiger partial charge in [-0.2, -0.15) is 0 Å². The molecule has 0 spiro atoms. The van der Waals surface area contributed by atoms with Crippen LogP contribution in [-0.4, -0.2) is 6.54 Å². The molecule has 1 N–H and O–H groups in total. The normalized spacial score (nSPS) is 10.4. The molecule has 0 saturated carbocycles. The van der Waals surface area contributed by atoms with Crippen molar-refractivity contribution in [2.24, 2.45) is 0 Å². The van der Waals surface area contributed by atoms with E-state index in [0.29, 0.717) is 6.61 Å². The standard InChI is InChI=1S/C16H18BrNO/c1-2-18-11-13-5-3-6-14(9-13)12-19-16-8-4-7-15(17)10-16/h3-10,18H,2,11-12H2,1H3. The Labute approximate surface area is 122 Å². The summed E-state index contributed by atoms with van der Waals surface area (Å²) in [5.74, 6) is 0.881. The molecule has 0 heterocycles. The van der Waals surface area contributed by atoms with E-state index in [0.717, 1.165) is 23.3 Å². The summed E-state index contributed by atoms with van der Waals surface area (Å²) in [6, 6.07) is 16.4. The maximum Gasteiger partial charge on any atom is 0.120 e. The van der Waals surface area contributed by atoms with Crippen molar-refractivity contribution >= 4 is 15.9 Å². The van der Waals surface area contributed by atoms with Crippen LogP contribution in [0, 0.1) is 0 Å². The highest BCUT2D eigenvalue weighted by atomic mass is 79.9. The molecule has 3 heteroatoms. The van der Waals surface area contributed by atoms with E-state index in [9.17, 15) is 0 Å². The van der Waals surface area contributed by atoms with Crippen molar-refractivity contribution in [1.29, 1.82) is 0 Å². The number of halogens is 1. The monoisotopic (exact) mass is 319 g/mol. The van der Waals surface area contributed by atoms with Crippen molar-refractivity contribution in [3.05, 3.63) is 64.1 Å². The summed E-state index contributed by atoms with van der Waals surface area (Å²) in [7, 11) is 0. The zero-order valence-electron chi connectivity index (χ0n) is 11.0. The Morgan fingerprint density at radius 3 is 2.63 bits per heavy atom. The average molecular weight is 320 g/mol. The molecular weight excluding hydrogens is 302 g/mol. The largest absolute Gasteiger partial charge is 0.489 e. The maximum atomic E-state index is 5.78. The van der Waals surface area contributed by atoms with E-state index in [2.05, 4.69) is 52.4 Å². The first kappa shape index (κ1) is 14.1. The molecule has 0 atom stereocenters. The Balaban J connectivity index is 1.95. The topological polar surface area (TPSA) is 21.3 Å². The first-order valence-electron chi connectivity index (χ1n) is 6.45. The summed E-state index contributed by atoms with van der Waals surface area (Å²) in [5, 5.41) is 3.33. The Bertz CT molecular complexity index is 528. The molecule has 0 fully saturated rings. The molecule has 0 bridgehead atoms. The smallest absolute Gasteiger partial charge is 0.120 e. The fourth-order valence-corrected chi connectivity index (χ4v) is 2.20. The second kappa shape index (κ2) is 7.31. The van der Waals surface area contributed by atoms with Crippen LogP contribution in [0.1, 0.15) is 18.1 Å². The summed E-state index contributed by atoms with van der Waals surface area (Å²) in [4.78, 5) is 0. The molecule has 19 heavy (non-hydrogen) atoms. The maximum absolute atomic E-state index is 5.78. The highest BCUT2D eigenvalue weighted by Crippen LogP contribution is 2.19. The highest BCUT2D eigenvalue weighted by Gasteiger charge is 1.98. The Morgan fingerprint density at radius 1 is 1.05 bits per heavy atom. The minimum atomic E-state index is 0.594. The lowest BCUT2D eigenvalue weighted by Gasteiger charge is -2.08. The third kappa shape index (κ3) is 4.69. The van der Waals surface area contributed by atoms with Crippen molar-refractivity contribution in [2.45, 2.75) is 20.1 Å². The number of hydrogen-bond donors (Lipinski definition) is 1. The minimum Gasteiger partial charge on any atom is -0.489 e. The Kier molecular flexibility index (Phi) is 5.43. The Hall–Kier alpha value is -1.32. The van der Waals surface area contributed by atoms with Gasteiger partial charge in [-0.1, -0.05) is 53.2 Å². The molecule has 0 aliphatic rings. The average Bonchev–Trinajstić information content (AvgIpc) is 2.43. The molecule has 0 saturated heterocycles. The molecule has 2 rings (SSSR count). The van der Waals surface area contributed by atoms with Gasteiger partial charge in [0.05, 0.1) is 0 Å². The van der Waals surface area contributed by atoms with Gasteiger partial charge in [0.1, 0.15) is 12.4 Å². The fraction of sp³-hybridized carbons (Fsp3) is 0.250. The lowest BCUT2D eigenvalue weighted by Crippen LogP contribution is -2.11. The fourth-order valence-electron chi connectivity index (χ4n) is 1.82. The van der Waals surface area contributed by atoms with Crippen molar-refractivity contribution < 1.29 is 4.74 Å². The first-order valence-corrected chi connectivity index (χ1v) is 7.24. The van der Waals surface area contributed by atoms with Crippen molar-refractivity contribution in [3.8, 4) is 5.75 Å². The molecule has 0 radical (unpaired) electrons. The number of hydrogen-bond acceptors (Lipinski definition) is 2. The van der Waals surface area contributed by atoms with Gasteiger partial charge in [0.15, 0.2) is 0 Å². The molecule has 2 aromatic rings. The van der Waals surface area contributed by atoms with Gasteiger partial charge < -0.3 is 10.1 Å². The molecule has 2 nitrogen and oxygen atoms in total. The van der Waals surface area contributed by atoms with Crippen LogP contribution < -0.4 is 10.1 Å². The first-order chi connectivity index (χ1) is 9.28. The zero-order chi connectivity index (χ0) is 13.5. The van der Waals surface area contributed by atoms with Crippen molar-refractivity contribution in [2.75, 3.05) is 6.54 Å². The highest BCUT2D eigenvalue weighted by molar-refractivity contribution is 9.10. The predicted molar refractivity (Wildman–Crippen MR) is 82.3 cm³/mol. The third-order valence-electron chi connectivity index (χ3n) is 2.77. The molecule has 0 amide bonds. The lowest BCUT2D eigenvalue weighted by atomic mass is 10.1. The van der Waals surface area contributed by atoms with Crippen LogP contribution in [0.4, 0.5) is 0 Å². The second-order valence-corrected chi connectivity index (χ2v) is 5.26. The van der Waals surface area contributed by atoms with E-state index in [1.165, 1.54) is 11.1 Å². The predicted octanol–water partition coefficient (Wildman–Crippen LogP) is 4.14. The van der Waals surface area contributed by atoms with Gasteiger partial charge >= 0.3 is 0 Å². The van der Waals surface area contributed by atoms with Crippen molar-refractivity contribution in [3.63, 3.8) is 0 Å². The zero-order valence-corrected chi connectivity index (χ0v) is 12.6. The van der Waals surface area contributed by atoms with E-state index in [1.54, 1.807) is 0 Å². The van der Waals surface area contributed by atoms with Crippen LogP contribution in [0.3, 0.4) is 0 Å². The van der Waals surface area contributed by atoms with E-state index in [1.807, 2.05) is 24.3 Å². The van der Waals surface area contributed by atoms with E-state index >= 15 is 0 Å². The van der Waals surface area contributed by atoms with E-state index in [-0.39, 0.29) is 0 Å². The summed E-state index contributed by atoms with van der Waals surface area (Å²) < 4.78 is 6.82. The lowest BCUT2D eigenvalue weighted by molar-refractivity contribution is 0.306. The van der Waals surface area contributed by atoms with Crippen LogP contribution in [0.5, 0.6) is 5.75 Å². The molecular formula is C16H18BrNO. The van der Waals surface area contributed by atoms with Gasteiger partial charge in [0.2, 0.25) is 0 Å². The van der Waals surface area contributed by atoms with Crippen LogP contribution in [-0.2, 0) is 13.2 Å². The SMILES string of the molecule is CCNCc1cccc(COc2cccc(Br)c2)c1. The van der Waals surface area contributed by atoms with Gasteiger partial charge in [0, 0.05) is 11.0 Å². The number of benzene rings is 2. The quantitative estimate of drug-likeness (QED) is 0.864. The molecule has 2 aromatic carbocycles. The molecule has 100 valence electrons. The van der Waals surface area contributed by atoms with Gasteiger partial charge in [-0.25, -0.2) is 0 Å². The van der Waals surface area contributed by atoms with Gasteiger partial charge in [-0.3, -0.25) is 0 Å². The third-order valence-corrected chi connectivity index (χ3v) is 3.27. The number of ether oxygens (including phenoxy) is 1. The van der Waals surface area contributed by atoms with E-state index < -0.39 is 0 Å². The van der Waals surface area contributed by atoms with Crippen LogP contribution in [0.15, 0.2) is 53.0 Å². The van der Waals surface area contributed by atoms with Crippen LogP contribution >= 0.6 is 15.9 Å². The molecule has 0 unspecified atom stereocenters. The second-order valence-electron chi connectivity index (χ2n) is 4.35.